The Morgan fingerprint density at radius 1 is 1.00 bits per heavy atom. The lowest BCUT2D eigenvalue weighted by molar-refractivity contribution is -0.131. The van der Waals surface area contributed by atoms with Crippen molar-refractivity contribution in [2.45, 2.75) is 24.4 Å². The molecule has 0 aliphatic rings. The van der Waals surface area contributed by atoms with E-state index in [9.17, 15) is 4.79 Å². The first kappa shape index (κ1) is 19.0. The van der Waals surface area contributed by atoms with Crippen LogP contribution in [0.3, 0.4) is 0 Å². The summed E-state index contributed by atoms with van der Waals surface area (Å²) in [5.41, 5.74) is 4.22. The molecule has 2 aromatic carbocycles. The number of rotatable bonds is 9. The Hall–Kier alpha value is -2.79. The van der Waals surface area contributed by atoms with Crippen molar-refractivity contribution in [1.82, 2.24) is 9.97 Å². The molecule has 3 rings (SSSR count). The number of allylic oxidation sites excluding steroid dienone is 1. The second-order valence-electron chi connectivity index (χ2n) is 6.08. The van der Waals surface area contributed by atoms with Crippen LogP contribution < -0.4 is 0 Å². The summed E-state index contributed by atoms with van der Waals surface area (Å²) in [4.78, 5) is 18.7. The lowest BCUT2D eigenvalue weighted by Crippen LogP contribution is -1.86. The van der Waals surface area contributed by atoms with Gasteiger partial charge in [0.05, 0.1) is 11.4 Å². The van der Waals surface area contributed by atoms with E-state index in [1.165, 1.54) is 6.08 Å². The first-order chi connectivity index (χ1) is 13.2. The van der Waals surface area contributed by atoms with Gasteiger partial charge in [-0.25, -0.2) is 9.78 Å². The summed E-state index contributed by atoms with van der Waals surface area (Å²) in [7, 11) is 0. The fraction of sp³-hybridized carbons (Fsp3) is 0.182. The minimum Gasteiger partial charge on any atom is -0.478 e. The number of unbranched alkanes of at least 4 members (excludes halogenated alkanes) is 2. The van der Waals surface area contributed by atoms with E-state index in [0.29, 0.717) is 0 Å². The number of hydrogen-bond donors (Lipinski definition) is 2. The summed E-state index contributed by atoms with van der Waals surface area (Å²) in [5, 5.41) is 9.49. The number of aromatic nitrogens is 2. The van der Waals surface area contributed by atoms with Gasteiger partial charge in [-0.05, 0) is 19.3 Å². The fourth-order valence-corrected chi connectivity index (χ4v) is 3.63. The van der Waals surface area contributed by atoms with E-state index in [0.717, 1.165) is 52.7 Å². The maximum absolute atomic E-state index is 10.4. The zero-order chi connectivity index (χ0) is 18.9. The molecule has 4 nitrogen and oxygen atoms in total. The first-order valence-corrected chi connectivity index (χ1v) is 9.95. The molecular weight excluding hydrogens is 356 g/mol. The molecule has 138 valence electrons. The molecule has 1 aromatic heterocycles. The normalized spacial score (nSPS) is 11.1. The molecule has 0 unspecified atom stereocenters. The molecule has 5 heteroatoms. The van der Waals surface area contributed by atoms with Gasteiger partial charge in [0.15, 0.2) is 5.16 Å². The summed E-state index contributed by atoms with van der Waals surface area (Å²) in [5.74, 6) is 0.0542. The third-order valence-electron chi connectivity index (χ3n) is 4.06. The topological polar surface area (TPSA) is 66.0 Å². The number of nitrogens with one attached hydrogen (secondary N) is 1. The number of aromatic amines is 1. The van der Waals surface area contributed by atoms with Gasteiger partial charge < -0.3 is 10.1 Å². The highest BCUT2D eigenvalue weighted by Gasteiger charge is 2.14. The molecule has 0 saturated heterocycles. The Balaban J connectivity index is 1.68. The van der Waals surface area contributed by atoms with E-state index in [2.05, 4.69) is 29.2 Å². The second-order valence-corrected chi connectivity index (χ2v) is 7.17. The highest BCUT2D eigenvalue weighted by molar-refractivity contribution is 7.99. The van der Waals surface area contributed by atoms with Crippen LogP contribution in [0.2, 0.25) is 0 Å². The number of aliphatic carboxylic acids is 1. The number of thioether (sulfide) groups is 1. The van der Waals surface area contributed by atoms with Crippen molar-refractivity contribution in [1.29, 1.82) is 0 Å². The van der Waals surface area contributed by atoms with Crippen molar-refractivity contribution in [2.75, 3.05) is 5.75 Å². The summed E-state index contributed by atoms with van der Waals surface area (Å²) < 4.78 is 0. The third-order valence-corrected chi connectivity index (χ3v) is 5.02. The lowest BCUT2D eigenvalue weighted by atomic mass is 10.1. The smallest absolute Gasteiger partial charge is 0.327 e. The highest BCUT2D eigenvalue weighted by Crippen LogP contribution is 2.32. The Kier molecular flexibility index (Phi) is 6.88. The van der Waals surface area contributed by atoms with E-state index < -0.39 is 5.97 Å². The van der Waals surface area contributed by atoms with Crippen LogP contribution in [-0.4, -0.2) is 26.8 Å². The average Bonchev–Trinajstić information content (AvgIpc) is 3.13. The SMILES string of the molecule is O=C(O)/C=C/CCCCSc1nc(-c2ccccc2)c(-c2ccccc2)[nH]1. The third kappa shape index (κ3) is 5.59. The summed E-state index contributed by atoms with van der Waals surface area (Å²) in [6.45, 7) is 0. The van der Waals surface area contributed by atoms with Gasteiger partial charge in [0, 0.05) is 23.0 Å². The number of H-pyrrole nitrogens is 1. The van der Waals surface area contributed by atoms with Crippen molar-refractivity contribution in [3.8, 4) is 22.5 Å². The van der Waals surface area contributed by atoms with Gasteiger partial charge in [0.1, 0.15) is 0 Å². The van der Waals surface area contributed by atoms with Crippen LogP contribution in [0.4, 0.5) is 0 Å². The zero-order valence-corrected chi connectivity index (χ0v) is 15.8. The molecule has 0 aliphatic heterocycles. The van der Waals surface area contributed by atoms with Crippen molar-refractivity contribution < 1.29 is 9.90 Å². The number of benzene rings is 2. The Morgan fingerprint density at radius 3 is 2.33 bits per heavy atom. The van der Waals surface area contributed by atoms with Gasteiger partial charge in [0.2, 0.25) is 0 Å². The molecule has 0 radical (unpaired) electrons. The van der Waals surface area contributed by atoms with Gasteiger partial charge in [-0.3, -0.25) is 0 Å². The lowest BCUT2D eigenvalue weighted by Gasteiger charge is -2.02. The predicted molar refractivity (Wildman–Crippen MR) is 111 cm³/mol. The van der Waals surface area contributed by atoms with E-state index in [4.69, 9.17) is 10.1 Å². The van der Waals surface area contributed by atoms with Gasteiger partial charge >= 0.3 is 5.97 Å². The predicted octanol–water partition coefficient (Wildman–Crippen LogP) is 5.65. The molecule has 0 fully saturated rings. The van der Waals surface area contributed by atoms with Crippen molar-refractivity contribution in [2.24, 2.45) is 0 Å². The Bertz CT molecular complexity index is 832. The quantitative estimate of drug-likeness (QED) is 0.287. The monoisotopic (exact) mass is 378 g/mol. The highest BCUT2D eigenvalue weighted by atomic mass is 32.2. The van der Waals surface area contributed by atoms with Crippen molar-refractivity contribution in [3.05, 3.63) is 72.8 Å². The van der Waals surface area contributed by atoms with Crippen LogP contribution in [0, 0.1) is 0 Å². The molecule has 0 aliphatic carbocycles. The van der Waals surface area contributed by atoms with Crippen LogP contribution in [-0.2, 0) is 4.79 Å². The molecular formula is C22H22N2O2S. The number of carboxylic acids is 1. The molecule has 27 heavy (non-hydrogen) atoms. The standard InChI is InChI=1S/C22H22N2O2S/c25-19(26)15-9-1-2-10-16-27-22-23-20(17-11-5-3-6-12-17)21(24-22)18-13-7-4-8-14-18/h3-9,11-15H,1-2,10,16H2,(H,23,24)(H,25,26)/b15-9+. The molecule has 0 bridgehead atoms. The number of hydrogen-bond acceptors (Lipinski definition) is 3. The zero-order valence-electron chi connectivity index (χ0n) is 15.0. The molecule has 0 saturated carbocycles. The van der Waals surface area contributed by atoms with E-state index in [1.54, 1.807) is 17.8 Å². The van der Waals surface area contributed by atoms with Crippen molar-refractivity contribution >= 4 is 17.7 Å². The molecule has 3 aromatic rings. The second kappa shape index (κ2) is 9.78. The number of nitrogens with zero attached hydrogens (tertiary/aromatic N) is 1. The summed E-state index contributed by atoms with van der Waals surface area (Å²) in [6.07, 6.45) is 5.68. The first-order valence-electron chi connectivity index (χ1n) is 8.97. The molecule has 0 atom stereocenters. The van der Waals surface area contributed by atoms with Crippen molar-refractivity contribution in [3.63, 3.8) is 0 Å². The van der Waals surface area contributed by atoms with Crippen LogP contribution in [0.5, 0.6) is 0 Å². The molecule has 0 amide bonds. The van der Waals surface area contributed by atoms with Gasteiger partial charge in [0.25, 0.3) is 0 Å². The van der Waals surface area contributed by atoms with Crippen LogP contribution in [0.25, 0.3) is 22.5 Å². The van der Waals surface area contributed by atoms with Gasteiger partial charge in [-0.15, -0.1) is 0 Å². The molecule has 1 heterocycles. The summed E-state index contributed by atoms with van der Waals surface area (Å²) >= 11 is 1.70. The van der Waals surface area contributed by atoms with Gasteiger partial charge in [-0.1, -0.05) is 78.5 Å². The van der Waals surface area contributed by atoms with E-state index in [1.807, 2.05) is 36.4 Å². The molecule has 0 spiro atoms. The maximum Gasteiger partial charge on any atom is 0.327 e. The van der Waals surface area contributed by atoms with Gasteiger partial charge in [-0.2, -0.15) is 0 Å². The Labute approximate surface area is 163 Å². The van der Waals surface area contributed by atoms with E-state index in [-0.39, 0.29) is 0 Å². The number of carboxylic acid groups (broad SMARTS) is 1. The minimum atomic E-state index is -0.887. The fourth-order valence-electron chi connectivity index (χ4n) is 2.76. The minimum absolute atomic E-state index is 0.787. The average molecular weight is 378 g/mol. The van der Waals surface area contributed by atoms with Crippen LogP contribution in [0.1, 0.15) is 19.3 Å². The number of imidazole rings is 1. The van der Waals surface area contributed by atoms with Crippen LogP contribution >= 0.6 is 11.8 Å². The van der Waals surface area contributed by atoms with E-state index >= 15 is 0 Å². The van der Waals surface area contributed by atoms with Crippen LogP contribution in [0.15, 0.2) is 78.0 Å². The largest absolute Gasteiger partial charge is 0.478 e. The summed E-state index contributed by atoms with van der Waals surface area (Å²) in [6, 6.07) is 20.4. The molecule has 2 N–H and O–H groups in total. The Morgan fingerprint density at radius 2 is 1.67 bits per heavy atom. The number of carbonyl (C=O) groups is 1. The maximum atomic E-state index is 10.4.